The van der Waals surface area contributed by atoms with Gasteiger partial charge in [-0.05, 0) is 41.5 Å². The maximum Gasteiger partial charge on any atom is 0.177 e. The molecule has 5 nitrogen and oxygen atoms in total. The van der Waals surface area contributed by atoms with Crippen molar-refractivity contribution in [1.82, 2.24) is 14.9 Å². The number of ether oxygens (including phenoxy) is 2. The topological polar surface area (TPSA) is 51.2 Å². The molecule has 1 aromatic heterocycles. The van der Waals surface area contributed by atoms with E-state index in [1.54, 1.807) is 7.11 Å². The third-order valence-electron chi connectivity index (χ3n) is 5.14. The summed E-state index contributed by atoms with van der Waals surface area (Å²) in [6, 6.07) is 16.6. The fourth-order valence-corrected chi connectivity index (χ4v) is 4.03. The number of aromatic amines is 1. The molecular weight excluding hydrogens is 370 g/mol. The number of fused-ring (bicyclic) bond motifs is 1. The van der Waals surface area contributed by atoms with Gasteiger partial charge in [0.05, 0.1) is 13.2 Å². The molecule has 3 aromatic rings. The van der Waals surface area contributed by atoms with Crippen LogP contribution in [0.2, 0.25) is 0 Å². The molecule has 2 aromatic carbocycles. The van der Waals surface area contributed by atoms with E-state index in [4.69, 9.17) is 21.7 Å². The summed E-state index contributed by atoms with van der Waals surface area (Å²) in [5.74, 6) is 1.79. The van der Waals surface area contributed by atoms with E-state index in [1.807, 2.05) is 24.4 Å². The summed E-state index contributed by atoms with van der Waals surface area (Å²) in [7, 11) is 1.69. The van der Waals surface area contributed by atoms with Crippen molar-refractivity contribution in [3.05, 3.63) is 76.3 Å². The average molecular weight is 396 g/mol. The van der Waals surface area contributed by atoms with Crippen molar-refractivity contribution in [3.63, 3.8) is 0 Å². The van der Waals surface area contributed by atoms with Crippen molar-refractivity contribution < 1.29 is 9.47 Å². The molecule has 0 saturated carbocycles. The molecule has 0 radical (unpaired) electrons. The number of hydrogen-bond donors (Lipinski definition) is 2. The van der Waals surface area contributed by atoms with E-state index in [-0.39, 0.29) is 6.04 Å². The average Bonchev–Trinajstić information content (AvgIpc) is 3.11. The first-order chi connectivity index (χ1) is 13.7. The summed E-state index contributed by atoms with van der Waals surface area (Å²) in [5.41, 5.74) is 3.65. The summed E-state index contributed by atoms with van der Waals surface area (Å²) in [6.45, 7) is 2.38. The SMILES string of the molecule is COc1ccc2c(c1)CC(n1c(CCNCc3ccccc3)c[nH]c1=S)CO2. The van der Waals surface area contributed by atoms with Crippen molar-refractivity contribution in [2.24, 2.45) is 0 Å². The number of nitrogens with zero attached hydrogens (tertiary/aromatic N) is 1. The maximum atomic E-state index is 6.00. The Morgan fingerprint density at radius 2 is 2.11 bits per heavy atom. The standard InChI is InChI=1S/C22H25N3O2S/c1-26-20-7-8-21-17(12-20)11-19(15-27-21)25-18(14-24-22(25)28)9-10-23-13-16-5-3-2-4-6-16/h2-8,12,14,19,23H,9-11,13,15H2,1H3,(H,24,28). The third-order valence-corrected chi connectivity index (χ3v) is 5.45. The van der Waals surface area contributed by atoms with Crippen LogP contribution in [0.25, 0.3) is 0 Å². The van der Waals surface area contributed by atoms with E-state index in [1.165, 1.54) is 11.3 Å². The quantitative estimate of drug-likeness (QED) is 0.468. The number of hydrogen-bond acceptors (Lipinski definition) is 4. The molecule has 0 bridgehead atoms. The monoisotopic (exact) mass is 395 g/mol. The highest BCUT2D eigenvalue weighted by Crippen LogP contribution is 2.33. The minimum absolute atomic E-state index is 0.183. The maximum absolute atomic E-state index is 6.00. The summed E-state index contributed by atoms with van der Waals surface area (Å²) < 4.78 is 14.3. The Labute approximate surface area is 170 Å². The van der Waals surface area contributed by atoms with Crippen LogP contribution in [-0.4, -0.2) is 29.8 Å². The molecule has 1 atom stereocenters. The second-order valence-corrected chi connectivity index (χ2v) is 7.40. The molecule has 0 fully saturated rings. The lowest BCUT2D eigenvalue weighted by molar-refractivity contribution is 0.220. The van der Waals surface area contributed by atoms with Crippen molar-refractivity contribution in [2.45, 2.75) is 25.4 Å². The van der Waals surface area contributed by atoms with Crippen LogP contribution in [0.15, 0.2) is 54.7 Å². The van der Waals surface area contributed by atoms with Gasteiger partial charge in [0, 0.05) is 37.8 Å². The molecule has 2 heterocycles. The fraction of sp³-hybridized carbons (Fsp3) is 0.318. The van der Waals surface area contributed by atoms with Gasteiger partial charge in [-0.3, -0.25) is 0 Å². The second kappa shape index (κ2) is 8.63. The van der Waals surface area contributed by atoms with Gasteiger partial charge < -0.3 is 24.3 Å². The molecule has 1 aliphatic heterocycles. The lowest BCUT2D eigenvalue weighted by atomic mass is 10.0. The number of imidazole rings is 1. The minimum Gasteiger partial charge on any atom is -0.497 e. The summed E-state index contributed by atoms with van der Waals surface area (Å²) in [6.07, 6.45) is 3.80. The highest BCUT2D eigenvalue weighted by atomic mass is 32.1. The van der Waals surface area contributed by atoms with Crippen LogP contribution in [0.1, 0.15) is 22.9 Å². The smallest absolute Gasteiger partial charge is 0.177 e. The van der Waals surface area contributed by atoms with E-state index in [2.05, 4.69) is 45.2 Å². The molecule has 0 aliphatic carbocycles. The molecule has 28 heavy (non-hydrogen) atoms. The molecule has 2 N–H and O–H groups in total. The highest BCUT2D eigenvalue weighted by molar-refractivity contribution is 7.71. The molecule has 1 unspecified atom stereocenters. The Hall–Kier alpha value is -2.57. The molecule has 0 amide bonds. The van der Waals surface area contributed by atoms with Crippen molar-refractivity contribution >= 4 is 12.2 Å². The lowest BCUT2D eigenvalue weighted by Crippen LogP contribution is -2.27. The molecule has 0 saturated heterocycles. The summed E-state index contributed by atoms with van der Waals surface area (Å²) >= 11 is 5.56. The van der Waals surface area contributed by atoms with E-state index in [9.17, 15) is 0 Å². The first kappa shape index (κ1) is 18.8. The van der Waals surface area contributed by atoms with Crippen LogP contribution in [0.3, 0.4) is 0 Å². The molecule has 4 rings (SSSR count). The van der Waals surface area contributed by atoms with Gasteiger partial charge in [-0.2, -0.15) is 0 Å². The van der Waals surface area contributed by atoms with E-state index in [0.29, 0.717) is 6.61 Å². The van der Waals surface area contributed by atoms with Crippen molar-refractivity contribution in [3.8, 4) is 11.5 Å². The van der Waals surface area contributed by atoms with E-state index >= 15 is 0 Å². The summed E-state index contributed by atoms with van der Waals surface area (Å²) in [5, 5.41) is 3.51. The Morgan fingerprint density at radius 3 is 2.93 bits per heavy atom. The second-order valence-electron chi connectivity index (χ2n) is 7.01. The third kappa shape index (κ3) is 4.13. The molecule has 0 spiro atoms. The zero-order valence-corrected chi connectivity index (χ0v) is 16.8. The number of rotatable bonds is 7. The van der Waals surface area contributed by atoms with Gasteiger partial charge >= 0.3 is 0 Å². The molecule has 6 heteroatoms. The van der Waals surface area contributed by atoms with Gasteiger partial charge in [0.25, 0.3) is 0 Å². The normalized spacial score (nSPS) is 15.7. The number of nitrogens with one attached hydrogen (secondary N) is 2. The highest BCUT2D eigenvalue weighted by Gasteiger charge is 2.24. The van der Waals surface area contributed by atoms with Crippen molar-refractivity contribution in [2.75, 3.05) is 20.3 Å². The Morgan fingerprint density at radius 1 is 1.25 bits per heavy atom. The minimum atomic E-state index is 0.183. The number of aromatic nitrogens is 2. The van der Waals surface area contributed by atoms with Gasteiger partial charge in [0.1, 0.15) is 18.1 Å². The predicted molar refractivity (Wildman–Crippen MR) is 113 cm³/mol. The molecule has 146 valence electrons. The van der Waals surface area contributed by atoms with Crippen LogP contribution >= 0.6 is 12.2 Å². The van der Waals surface area contributed by atoms with Gasteiger partial charge in [0.2, 0.25) is 0 Å². The Bertz CT molecular complexity index is 981. The number of methoxy groups -OCH3 is 1. The first-order valence-electron chi connectivity index (χ1n) is 9.58. The van der Waals surface area contributed by atoms with E-state index < -0.39 is 0 Å². The van der Waals surface area contributed by atoms with Gasteiger partial charge in [-0.15, -0.1) is 0 Å². The van der Waals surface area contributed by atoms with Gasteiger partial charge in [0.15, 0.2) is 4.77 Å². The summed E-state index contributed by atoms with van der Waals surface area (Å²) in [4.78, 5) is 3.21. The van der Waals surface area contributed by atoms with Crippen molar-refractivity contribution in [1.29, 1.82) is 0 Å². The fourth-order valence-electron chi connectivity index (χ4n) is 3.70. The zero-order chi connectivity index (χ0) is 19.3. The van der Waals surface area contributed by atoms with E-state index in [0.717, 1.165) is 47.8 Å². The largest absolute Gasteiger partial charge is 0.497 e. The number of benzene rings is 2. The van der Waals surface area contributed by atoms with Gasteiger partial charge in [-0.25, -0.2) is 0 Å². The van der Waals surface area contributed by atoms with Crippen LogP contribution in [0.5, 0.6) is 11.5 Å². The van der Waals surface area contributed by atoms with Crippen LogP contribution in [-0.2, 0) is 19.4 Å². The molecular formula is C22H25N3O2S. The van der Waals surface area contributed by atoms with Crippen LogP contribution in [0.4, 0.5) is 0 Å². The zero-order valence-electron chi connectivity index (χ0n) is 16.0. The Balaban J connectivity index is 1.42. The first-order valence-corrected chi connectivity index (χ1v) is 9.98. The Kier molecular flexibility index (Phi) is 5.78. The van der Waals surface area contributed by atoms with Gasteiger partial charge in [-0.1, -0.05) is 30.3 Å². The lowest BCUT2D eigenvalue weighted by Gasteiger charge is -2.28. The van der Waals surface area contributed by atoms with Crippen LogP contribution < -0.4 is 14.8 Å². The number of H-pyrrole nitrogens is 1. The van der Waals surface area contributed by atoms with Crippen LogP contribution in [0, 0.1) is 4.77 Å². The predicted octanol–water partition coefficient (Wildman–Crippen LogP) is 4.06. The molecule has 1 aliphatic rings.